The Labute approximate surface area is 103 Å². The van der Waals surface area contributed by atoms with Crippen LogP contribution in [0.4, 0.5) is 5.82 Å². The van der Waals surface area contributed by atoms with Crippen LogP contribution in [0, 0.1) is 6.92 Å². The molecule has 0 saturated heterocycles. The number of H-pyrrole nitrogens is 1. The number of nitrogen functional groups attached to an aromatic ring is 1. The molecule has 18 heavy (non-hydrogen) atoms. The Morgan fingerprint density at radius 1 is 1.28 bits per heavy atom. The minimum Gasteiger partial charge on any atom is -0.382 e. The van der Waals surface area contributed by atoms with Crippen molar-refractivity contribution in [2.24, 2.45) is 0 Å². The molecule has 90 valence electrons. The summed E-state index contributed by atoms with van der Waals surface area (Å²) < 4.78 is 5.17. The first-order valence-corrected chi connectivity index (χ1v) is 5.44. The van der Waals surface area contributed by atoms with E-state index in [-0.39, 0.29) is 0 Å². The van der Waals surface area contributed by atoms with Gasteiger partial charge < -0.3 is 10.3 Å². The van der Waals surface area contributed by atoms with Crippen molar-refractivity contribution in [3.8, 4) is 23.0 Å². The van der Waals surface area contributed by atoms with Crippen LogP contribution in [-0.4, -0.2) is 20.3 Å². The molecule has 0 spiro atoms. The molecule has 0 radical (unpaired) electrons. The molecule has 3 rings (SSSR count). The number of hydrogen-bond donors (Lipinski definition) is 2. The van der Waals surface area contributed by atoms with E-state index in [0.717, 1.165) is 11.1 Å². The summed E-state index contributed by atoms with van der Waals surface area (Å²) in [5.74, 6) is 1.30. The van der Waals surface area contributed by atoms with Gasteiger partial charge in [-0.15, -0.1) is 0 Å². The van der Waals surface area contributed by atoms with Crippen molar-refractivity contribution in [1.82, 2.24) is 20.3 Å². The minimum absolute atomic E-state index is 0.371. The smallest absolute Gasteiger partial charge is 0.276 e. The SMILES string of the molecule is Cc1cccc(-c2noc(-c3cc(N)n[nH]3)n2)c1. The lowest BCUT2D eigenvalue weighted by Gasteiger charge is -1.94. The van der Waals surface area contributed by atoms with E-state index in [0.29, 0.717) is 23.2 Å². The van der Waals surface area contributed by atoms with E-state index in [1.807, 2.05) is 31.2 Å². The first-order chi connectivity index (χ1) is 8.72. The Kier molecular flexibility index (Phi) is 2.33. The van der Waals surface area contributed by atoms with Gasteiger partial charge in [-0.2, -0.15) is 10.1 Å². The number of aryl methyl sites for hydroxylation is 1. The second kappa shape index (κ2) is 3.99. The highest BCUT2D eigenvalue weighted by Gasteiger charge is 2.12. The number of nitrogens with one attached hydrogen (secondary N) is 1. The average molecular weight is 241 g/mol. The van der Waals surface area contributed by atoms with Crippen LogP contribution in [0.15, 0.2) is 34.9 Å². The largest absolute Gasteiger partial charge is 0.382 e. The molecule has 3 N–H and O–H groups in total. The lowest BCUT2D eigenvalue weighted by atomic mass is 10.1. The molecule has 6 heteroatoms. The van der Waals surface area contributed by atoms with Crippen molar-refractivity contribution in [2.75, 3.05) is 5.73 Å². The topological polar surface area (TPSA) is 93.6 Å². The standard InChI is InChI=1S/C12H11N5O/c1-7-3-2-4-8(5-7)11-14-12(18-17-11)9-6-10(13)16-15-9/h2-6H,1H3,(H3,13,15,16). The zero-order valence-corrected chi connectivity index (χ0v) is 9.71. The number of aromatic nitrogens is 4. The Balaban J connectivity index is 1.99. The van der Waals surface area contributed by atoms with Crippen LogP contribution in [0.2, 0.25) is 0 Å². The maximum atomic E-state index is 5.52. The molecule has 0 aliphatic rings. The van der Waals surface area contributed by atoms with Crippen molar-refractivity contribution in [3.63, 3.8) is 0 Å². The van der Waals surface area contributed by atoms with E-state index < -0.39 is 0 Å². The molecule has 0 unspecified atom stereocenters. The zero-order chi connectivity index (χ0) is 12.5. The number of anilines is 1. The van der Waals surface area contributed by atoms with Crippen molar-refractivity contribution in [1.29, 1.82) is 0 Å². The molecule has 0 saturated carbocycles. The number of hydrogen-bond acceptors (Lipinski definition) is 5. The summed E-state index contributed by atoms with van der Waals surface area (Å²) in [6.45, 7) is 2.01. The van der Waals surface area contributed by atoms with Gasteiger partial charge in [0.15, 0.2) is 0 Å². The Hall–Kier alpha value is -2.63. The lowest BCUT2D eigenvalue weighted by molar-refractivity contribution is 0.431. The first-order valence-electron chi connectivity index (χ1n) is 5.44. The van der Waals surface area contributed by atoms with Gasteiger partial charge in [-0.3, -0.25) is 5.10 Å². The van der Waals surface area contributed by atoms with Gasteiger partial charge in [-0.1, -0.05) is 28.9 Å². The van der Waals surface area contributed by atoms with E-state index in [9.17, 15) is 0 Å². The van der Waals surface area contributed by atoms with Crippen molar-refractivity contribution >= 4 is 5.82 Å². The second-order valence-corrected chi connectivity index (χ2v) is 4.00. The van der Waals surface area contributed by atoms with Gasteiger partial charge in [-0.05, 0) is 13.0 Å². The first kappa shape index (κ1) is 10.5. The average Bonchev–Trinajstić information content (AvgIpc) is 2.97. The molecule has 0 amide bonds. The third kappa shape index (κ3) is 1.84. The maximum absolute atomic E-state index is 5.52. The zero-order valence-electron chi connectivity index (χ0n) is 9.71. The summed E-state index contributed by atoms with van der Waals surface area (Å²) >= 11 is 0. The molecule has 2 aromatic heterocycles. The summed E-state index contributed by atoms with van der Waals surface area (Å²) in [6.07, 6.45) is 0. The molecule has 0 bridgehead atoms. The third-order valence-electron chi connectivity index (χ3n) is 2.53. The highest BCUT2D eigenvalue weighted by molar-refractivity contribution is 5.59. The van der Waals surface area contributed by atoms with Crippen LogP contribution in [0.3, 0.4) is 0 Å². The predicted octanol–water partition coefficient (Wildman–Crippen LogP) is 2.02. The van der Waals surface area contributed by atoms with Gasteiger partial charge in [0.2, 0.25) is 5.82 Å². The molecule has 0 fully saturated rings. The summed E-state index contributed by atoms with van der Waals surface area (Å²) in [5, 5.41) is 10.5. The summed E-state index contributed by atoms with van der Waals surface area (Å²) in [4.78, 5) is 4.30. The second-order valence-electron chi connectivity index (χ2n) is 4.00. The number of aromatic amines is 1. The van der Waals surface area contributed by atoms with E-state index >= 15 is 0 Å². The minimum atomic E-state index is 0.371. The molecule has 6 nitrogen and oxygen atoms in total. The van der Waals surface area contributed by atoms with Crippen LogP contribution >= 0.6 is 0 Å². The number of benzene rings is 1. The molecular formula is C12H11N5O. The fourth-order valence-electron chi connectivity index (χ4n) is 1.68. The molecule has 1 aromatic carbocycles. The Morgan fingerprint density at radius 3 is 2.89 bits per heavy atom. The predicted molar refractivity (Wildman–Crippen MR) is 66.5 cm³/mol. The van der Waals surface area contributed by atoms with Crippen molar-refractivity contribution < 1.29 is 4.52 Å². The van der Waals surface area contributed by atoms with Gasteiger partial charge in [0.25, 0.3) is 5.89 Å². The molecule has 0 aliphatic heterocycles. The van der Waals surface area contributed by atoms with E-state index in [1.54, 1.807) is 6.07 Å². The highest BCUT2D eigenvalue weighted by atomic mass is 16.5. The van der Waals surface area contributed by atoms with Gasteiger partial charge in [0, 0.05) is 11.6 Å². The van der Waals surface area contributed by atoms with Crippen molar-refractivity contribution in [3.05, 3.63) is 35.9 Å². The maximum Gasteiger partial charge on any atom is 0.276 e. The van der Waals surface area contributed by atoms with Gasteiger partial charge in [-0.25, -0.2) is 0 Å². The van der Waals surface area contributed by atoms with Crippen LogP contribution in [0.1, 0.15) is 5.56 Å². The number of nitrogens with zero attached hydrogens (tertiary/aromatic N) is 3. The summed E-state index contributed by atoms with van der Waals surface area (Å²) in [6, 6.07) is 9.54. The van der Waals surface area contributed by atoms with Crippen LogP contribution in [0.5, 0.6) is 0 Å². The lowest BCUT2D eigenvalue weighted by Crippen LogP contribution is -1.82. The van der Waals surface area contributed by atoms with E-state index in [1.165, 1.54) is 0 Å². The quantitative estimate of drug-likeness (QED) is 0.715. The molecule has 0 aliphatic carbocycles. The van der Waals surface area contributed by atoms with Crippen LogP contribution in [0.25, 0.3) is 23.0 Å². The Morgan fingerprint density at radius 2 is 2.17 bits per heavy atom. The summed E-state index contributed by atoms with van der Waals surface area (Å²) in [7, 11) is 0. The molecule has 0 atom stereocenters. The fourth-order valence-corrected chi connectivity index (χ4v) is 1.68. The number of rotatable bonds is 2. The Bertz CT molecular complexity index is 685. The van der Waals surface area contributed by atoms with Crippen LogP contribution < -0.4 is 5.73 Å². The summed E-state index contributed by atoms with van der Waals surface area (Å²) in [5.41, 5.74) is 8.19. The van der Waals surface area contributed by atoms with Crippen LogP contribution in [-0.2, 0) is 0 Å². The fraction of sp³-hybridized carbons (Fsp3) is 0.0833. The molecule has 2 heterocycles. The highest BCUT2D eigenvalue weighted by Crippen LogP contribution is 2.22. The molecule has 3 aromatic rings. The van der Waals surface area contributed by atoms with Gasteiger partial charge in [0.1, 0.15) is 11.5 Å². The van der Waals surface area contributed by atoms with Gasteiger partial charge >= 0.3 is 0 Å². The monoisotopic (exact) mass is 241 g/mol. The third-order valence-corrected chi connectivity index (χ3v) is 2.53. The molecular weight excluding hydrogens is 230 g/mol. The number of nitrogens with two attached hydrogens (primary N) is 1. The van der Waals surface area contributed by atoms with Gasteiger partial charge in [0.05, 0.1) is 0 Å². The normalized spacial score (nSPS) is 10.7. The van der Waals surface area contributed by atoms with E-state index in [4.69, 9.17) is 10.3 Å². The van der Waals surface area contributed by atoms with Crippen molar-refractivity contribution in [2.45, 2.75) is 6.92 Å². The van der Waals surface area contributed by atoms with E-state index in [2.05, 4.69) is 20.3 Å².